The molecular formula is C9H15N3O. The lowest BCUT2D eigenvalue weighted by atomic mass is 10.4. The quantitative estimate of drug-likeness (QED) is 0.712. The standard InChI is InChI=1S/C9H15N3O/c1-10-8-4-3-5-9(11-8)12(2)6-7-13/h3-5,13H,6-7H2,1-2H3,(H,10,11). The molecule has 1 rings (SSSR count). The van der Waals surface area contributed by atoms with Crippen LogP contribution in [0.3, 0.4) is 0 Å². The average molecular weight is 181 g/mol. The van der Waals surface area contributed by atoms with Gasteiger partial charge in [0.15, 0.2) is 0 Å². The molecule has 4 heteroatoms. The van der Waals surface area contributed by atoms with Crippen molar-refractivity contribution in [2.45, 2.75) is 0 Å². The molecule has 0 radical (unpaired) electrons. The fraction of sp³-hybridized carbons (Fsp3) is 0.444. The Hall–Kier alpha value is -1.29. The van der Waals surface area contributed by atoms with Gasteiger partial charge < -0.3 is 15.3 Å². The zero-order chi connectivity index (χ0) is 9.68. The van der Waals surface area contributed by atoms with Crippen LogP contribution in [0.2, 0.25) is 0 Å². The van der Waals surface area contributed by atoms with Gasteiger partial charge in [-0.3, -0.25) is 0 Å². The minimum atomic E-state index is 0.141. The highest BCUT2D eigenvalue weighted by molar-refractivity contribution is 5.46. The third-order valence-corrected chi connectivity index (χ3v) is 1.82. The molecule has 0 aliphatic rings. The summed E-state index contributed by atoms with van der Waals surface area (Å²) in [4.78, 5) is 6.22. The van der Waals surface area contributed by atoms with Crippen molar-refractivity contribution in [3.8, 4) is 0 Å². The number of aliphatic hydroxyl groups is 1. The minimum Gasteiger partial charge on any atom is -0.395 e. The first-order chi connectivity index (χ1) is 6.27. The van der Waals surface area contributed by atoms with Crippen molar-refractivity contribution in [1.82, 2.24) is 4.98 Å². The zero-order valence-corrected chi connectivity index (χ0v) is 7.99. The Morgan fingerprint density at radius 3 is 2.92 bits per heavy atom. The van der Waals surface area contributed by atoms with E-state index in [0.717, 1.165) is 11.6 Å². The van der Waals surface area contributed by atoms with Gasteiger partial charge in [0.1, 0.15) is 11.6 Å². The van der Waals surface area contributed by atoms with Crippen molar-refractivity contribution in [3.63, 3.8) is 0 Å². The predicted octanol–water partition coefficient (Wildman–Crippen LogP) is 0.552. The van der Waals surface area contributed by atoms with Crippen LogP contribution in [0.4, 0.5) is 11.6 Å². The molecule has 1 aromatic heterocycles. The second kappa shape index (κ2) is 4.67. The lowest BCUT2D eigenvalue weighted by Crippen LogP contribution is -2.22. The third-order valence-electron chi connectivity index (χ3n) is 1.82. The molecular weight excluding hydrogens is 166 g/mol. The van der Waals surface area contributed by atoms with E-state index >= 15 is 0 Å². The number of anilines is 2. The fourth-order valence-electron chi connectivity index (χ4n) is 1.04. The SMILES string of the molecule is CNc1cccc(N(C)CCO)n1. The Morgan fingerprint density at radius 2 is 2.31 bits per heavy atom. The first-order valence-corrected chi connectivity index (χ1v) is 4.24. The number of pyridine rings is 1. The van der Waals surface area contributed by atoms with Crippen LogP contribution in [0, 0.1) is 0 Å². The van der Waals surface area contributed by atoms with E-state index in [1.54, 1.807) is 0 Å². The van der Waals surface area contributed by atoms with Crippen LogP contribution >= 0.6 is 0 Å². The van der Waals surface area contributed by atoms with Crippen molar-refractivity contribution in [2.24, 2.45) is 0 Å². The smallest absolute Gasteiger partial charge is 0.130 e. The van der Waals surface area contributed by atoms with Crippen molar-refractivity contribution in [2.75, 3.05) is 37.5 Å². The normalized spacial score (nSPS) is 9.77. The highest BCUT2D eigenvalue weighted by Gasteiger charge is 2.00. The maximum absolute atomic E-state index is 8.74. The van der Waals surface area contributed by atoms with Crippen molar-refractivity contribution >= 4 is 11.6 Å². The molecule has 0 bridgehead atoms. The number of rotatable bonds is 4. The molecule has 1 aromatic rings. The second-order valence-corrected chi connectivity index (χ2v) is 2.78. The predicted molar refractivity (Wildman–Crippen MR) is 54.1 cm³/mol. The van der Waals surface area contributed by atoms with Crippen LogP contribution in [0.25, 0.3) is 0 Å². The van der Waals surface area contributed by atoms with Gasteiger partial charge in [0.25, 0.3) is 0 Å². The molecule has 0 saturated heterocycles. The Balaban J connectivity index is 2.75. The Kier molecular flexibility index (Phi) is 3.52. The van der Waals surface area contributed by atoms with E-state index in [4.69, 9.17) is 5.11 Å². The zero-order valence-electron chi connectivity index (χ0n) is 7.99. The van der Waals surface area contributed by atoms with Gasteiger partial charge in [-0.1, -0.05) is 6.07 Å². The number of aliphatic hydroxyl groups excluding tert-OH is 1. The topological polar surface area (TPSA) is 48.4 Å². The van der Waals surface area contributed by atoms with Crippen LogP contribution in [0.1, 0.15) is 0 Å². The van der Waals surface area contributed by atoms with E-state index in [2.05, 4.69) is 10.3 Å². The lowest BCUT2D eigenvalue weighted by Gasteiger charge is -2.16. The number of hydrogen-bond donors (Lipinski definition) is 2. The Morgan fingerprint density at radius 1 is 1.54 bits per heavy atom. The third kappa shape index (κ3) is 2.59. The molecule has 0 aliphatic heterocycles. The summed E-state index contributed by atoms with van der Waals surface area (Å²) in [6, 6.07) is 5.74. The highest BCUT2D eigenvalue weighted by Crippen LogP contribution is 2.11. The molecule has 0 saturated carbocycles. The number of aromatic nitrogens is 1. The molecule has 0 spiro atoms. The molecule has 0 unspecified atom stereocenters. The summed E-state index contributed by atoms with van der Waals surface area (Å²) in [6.45, 7) is 0.738. The summed E-state index contributed by atoms with van der Waals surface area (Å²) in [6.07, 6.45) is 0. The maximum Gasteiger partial charge on any atom is 0.130 e. The van der Waals surface area contributed by atoms with Crippen molar-refractivity contribution < 1.29 is 5.11 Å². The molecule has 4 nitrogen and oxygen atoms in total. The lowest BCUT2D eigenvalue weighted by molar-refractivity contribution is 0.304. The summed E-state index contributed by atoms with van der Waals surface area (Å²) in [5, 5.41) is 11.7. The molecule has 0 amide bonds. The van der Waals surface area contributed by atoms with Crippen molar-refractivity contribution in [3.05, 3.63) is 18.2 Å². The van der Waals surface area contributed by atoms with Crippen LogP contribution in [0.15, 0.2) is 18.2 Å². The molecule has 0 aromatic carbocycles. The van der Waals surface area contributed by atoms with Gasteiger partial charge in [-0.25, -0.2) is 4.98 Å². The van der Waals surface area contributed by atoms with E-state index in [0.29, 0.717) is 6.54 Å². The Labute approximate surface area is 78.2 Å². The summed E-state index contributed by atoms with van der Waals surface area (Å²) in [7, 11) is 3.73. The molecule has 0 atom stereocenters. The van der Waals surface area contributed by atoms with Crippen molar-refractivity contribution in [1.29, 1.82) is 0 Å². The number of nitrogens with zero attached hydrogens (tertiary/aromatic N) is 2. The summed E-state index contributed by atoms with van der Waals surface area (Å²) >= 11 is 0. The van der Waals surface area contributed by atoms with E-state index in [1.165, 1.54) is 0 Å². The minimum absolute atomic E-state index is 0.141. The monoisotopic (exact) mass is 181 g/mol. The first-order valence-electron chi connectivity index (χ1n) is 4.24. The summed E-state index contributed by atoms with van der Waals surface area (Å²) in [5.74, 6) is 1.70. The van der Waals surface area contributed by atoms with Crippen LogP contribution < -0.4 is 10.2 Å². The molecule has 1 heterocycles. The first kappa shape index (κ1) is 9.80. The highest BCUT2D eigenvalue weighted by atomic mass is 16.3. The molecule has 0 aliphatic carbocycles. The maximum atomic E-state index is 8.74. The number of hydrogen-bond acceptors (Lipinski definition) is 4. The van der Waals surface area contributed by atoms with E-state index < -0.39 is 0 Å². The van der Waals surface area contributed by atoms with E-state index in [9.17, 15) is 0 Å². The van der Waals surface area contributed by atoms with Gasteiger partial charge >= 0.3 is 0 Å². The van der Waals surface area contributed by atoms with Crippen LogP contribution in [-0.4, -0.2) is 37.3 Å². The Bertz CT molecular complexity index is 265. The summed E-state index contributed by atoms with van der Waals surface area (Å²) < 4.78 is 0. The largest absolute Gasteiger partial charge is 0.395 e. The number of likely N-dealkylation sites (N-methyl/N-ethyl adjacent to an activating group) is 1. The van der Waals surface area contributed by atoms with Gasteiger partial charge in [-0.2, -0.15) is 0 Å². The van der Waals surface area contributed by atoms with Gasteiger partial charge in [-0.15, -0.1) is 0 Å². The van der Waals surface area contributed by atoms with E-state index in [1.807, 2.05) is 37.2 Å². The molecule has 13 heavy (non-hydrogen) atoms. The average Bonchev–Trinajstić information content (AvgIpc) is 2.18. The van der Waals surface area contributed by atoms with Crippen LogP contribution in [-0.2, 0) is 0 Å². The van der Waals surface area contributed by atoms with E-state index in [-0.39, 0.29) is 6.61 Å². The van der Waals surface area contributed by atoms with Gasteiger partial charge in [0.05, 0.1) is 6.61 Å². The molecule has 0 fully saturated rings. The fourth-order valence-corrected chi connectivity index (χ4v) is 1.04. The van der Waals surface area contributed by atoms with Gasteiger partial charge in [0, 0.05) is 20.6 Å². The van der Waals surface area contributed by atoms with Gasteiger partial charge in [0.2, 0.25) is 0 Å². The van der Waals surface area contributed by atoms with Crippen LogP contribution in [0.5, 0.6) is 0 Å². The molecule has 2 N–H and O–H groups in total. The van der Waals surface area contributed by atoms with Gasteiger partial charge in [-0.05, 0) is 12.1 Å². The summed E-state index contributed by atoms with van der Waals surface area (Å²) in [5.41, 5.74) is 0. The molecule has 72 valence electrons. The second-order valence-electron chi connectivity index (χ2n) is 2.78. The number of nitrogens with one attached hydrogen (secondary N) is 1.